The van der Waals surface area contributed by atoms with Gasteiger partial charge in [0, 0.05) is 19.5 Å². The molecule has 92 valence electrons. The summed E-state index contributed by atoms with van der Waals surface area (Å²) in [5.74, 6) is 1.10. The average Bonchev–Trinajstić information content (AvgIpc) is 2.68. The van der Waals surface area contributed by atoms with Gasteiger partial charge in [-0.1, -0.05) is 12.1 Å². The van der Waals surface area contributed by atoms with Crippen LogP contribution < -0.4 is 0 Å². The topological polar surface area (TPSA) is 20.3 Å². The Balaban J connectivity index is 1.88. The van der Waals surface area contributed by atoms with Crippen molar-refractivity contribution in [1.82, 2.24) is 4.90 Å². The van der Waals surface area contributed by atoms with Gasteiger partial charge in [0.2, 0.25) is 5.91 Å². The van der Waals surface area contributed by atoms with E-state index >= 15 is 0 Å². The molecule has 2 nitrogen and oxygen atoms in total. The van der Waals surface area contributed by atoms with Crippen molar-refractivity contribution in [2.45, 2.75) is 12.8 Å². The summed E-state index contributed by atoms with van der Waals surface area (Å²) in [6, 6.07) is 6.55. The Labute approximate surface area is 106 Å². The lowest BCUT2D eigenvalue weighted by molar-refractivity contribution is -0.127. The average molecular weight is 253 g/mol. The number of carbonyl (C=O) groups is 1. The van der Waals surface area contributed by atoms with E-state index in [2.05, 4.69) is 12.6 Å². The van der Waals surface area contributed by atoms with Gasteiger partial charge in [-0.05, 0) is 35.8 Å². The molecule has 1 saturated heterocycles. The number of halogens is 1. The third kappa shape index (κ3) is 3.22. The molecule has 0 spiro atoms. The number of likely N-dealkylation sites (tertiary alicyclic amines) is 1. The van der Waals surface area contributed by atoms with Gasteiger partial charge in [-0.15, -0.1) is 0 Å². The number of rotatable bonds is 4. The van der Waals surface area contributed by atoms with Crippen molar-refractivity contribution in [1.29, 1.82) is 0 Å². The molecule has 0 bridgehead atoms. The van der Waals surface area contributed by atoms with Crippen LogP contribution in [0.3, 0.4) is 0 Å². The molecule has 0 saturated carbocycles. The zero-order chi connectivity index (χ0) is 12.3. The Morgan fingerprint density at radius 1 is 1.47 bits per heavy atom. The number of carbonyl (C=O) groups excluding carboxylic acids is 1. The second-order valence-corrected chi connectivity index (χ2v) is 4.84. The number of thiol groups is 1. The summed E-state index contributed by atoms with van der Waals surface area (Å²) in [4.78, 5) is 13.5. The van der Waals surface area contributed by atoms with Crippen LogP contribution in [-0.2, 0) is 11.2 Å². The van der Waals surface area contributed by atoms with E-state index in [1.54, 1.807) is 6.07 Å². The minimum atomic E-state index is -0.219. The summed E-state index contributed by atoms with van der Waals surface area (Å²) in [7, 11) is 0. The lowest BCUT2D eigenvalue weighted by Crippen LogP contribution is -2.27. The summed E-state index contributed by atoms with van der Waals surface area (Å²) >= 11 is 4.22. The number of nitrogens with zero attached hydrogens (tertiary/aromatic N) is 1. The molecule has 1 aliphatic rings. The maximum absolute atomic E-state index is 13.0. The normalized spacial score (nSPS) is 20.0. The van der Waals surface area contributed by atoms with Crippen LogP contribution in [0.1, 0.15) is 12.0 Å². The predicted molar refractivity (Wildman–Crippen MR) is 68.6 cm³/mol. The highest BCUT2D eigenvalue weighted by Gasteiger charge is 2.27. The van der Waals surface area contributed by atoms with Crippen LogP contribution in [0, 0.1) is 11.7 Å². The Bertz CT molecular complexity index is 410. The van der Waals surface area contributed by atoms with E-state index in [1.807, 2.05) is 11.0 Å². The molecule has 1 aromatic rings. The maximum Gasteiger partial charge on any atom is 0.222 e. The molecule has 0 N–H and O–H groups in total. The fraction of sp³-hybridized carbons (Fsp3) is 0.462. The van der Waals surface area contributed by atoms with Gasteiger partial charge in [-0.25, -0.2) is 4.39 Å². The SMILES string of the molecule is O=C1CC(CS)CN1CCc1cccc(F)c1. The van der Waals surface area contributed by atoms with Crippen molar-refractivity contribution in [2.24, 2.45) is 5.92 Å². The van der Waals surface area contributed by atoms with Gasteiger partial charge in [0.05, 0.1) is 0 Å². The second kappa shape index (κ2) is 5.54. The van der Waals surface area contributed by atoms with Crippen LogP contribution in [0.4, 0.5) is 4.39 Å². The monoisotopic (exact) mass is 253 g/mol. The van der Waals surface area contributed by atoms with Gasteiger partial charge >= 0.3 is 0 Å². The molecule has 0 radical (unpaired) electrons. The van der Waals surface area contributed by atoms with Crippen LogP contribution in [0.15, 0.2) is 24.3 Å². The Morgan fingerprint density at radius 3 is 2.94 bits per heavy atom. The van der Waals surface area contributed by atoms with E-state index in [9.17, 15) is 9.18 Å². The van der Waals surface area contributed by atoms with Crippen molar-refractivity contribution < 1.29 is 9.18 Å². The third-order valence-corrected chi connectivity index (χ3v) is 3.63. The lowest BCUT2D eigenvalue weighted by Gasteiger charge is -2.16. The molecule has 1 heterocycles. The van der Waals surface area contributed by atoms with E-state index in [1.165, 1.54) is 12.1 Å². The minimum absolute atomic E-state index is 0.195. The molecule has 1 unspecified atom stereocenters. The first kappa shape index (κ1) is 12.4. The van der Waals surface area contributed by atoms with Gasteiger partial charge in [0.25, 0.3) is 0 Å². The van der Waals surface area contributed by atoms with Crippen LogP contribution in [0.2, 0.25) is 0 Å². The first-order valence-electron chi connectivity index (χ1n) is 5.82. The first-order valence-corrected chi connectivity index (χ1v) is 6.45. The lowest BCUT2D eigenvalue weighted by atomic mass is 10.1. The van der Waals surface area contributed by atoms with Crippen molar-refractivity contribution in [3.63, 3.8) is 0 Å². The third-order valence-electron chi connectivity index (χ3n) is 3.11. The van der Waals surface area contributed by atoms with Crippen LogP contribution in [0.5, 0.6) is 0 Å². The van der Waals surface area contributed by atoms with Crippen molar-refractivity contribution in [3.8, 4) is 0 Å². The van der Waals surface area contributed by atoms with Crippen LogP contribution in [0.25, 0.3) is 0 Å². The van der Waals surface area contributed by atoms with E-state index in [4.69, 9.17) is 0 Å². The fourth-order valence-electron chi connectivity index (χ4n) is 2.15. The Morgan fingerprint density at radius 2 is 2.29 bits per heavy atom. The highest BCUT2D eigenvalue weighted by molar-refractivity contribution is 7.80. The molecule has 1 amide bonds. The minimum Gasteiger partial charge on any atom is -0.342 e. The quantitative estimate of drug-likeness (QED) is 0.815. The highest BCUT2D eigenvalue weighted by Crippen LogP contribution is 2.19. The van der Waals surface area contributed by atoms with Gasteiger partial charge in [-0.2, -0.15) is 12.6 Å². The Hall–Kier alpha value is -1.03. The first-order chi connectivity index (χ1) is 8.19. The fourth-order valence-corrected chi connectivity index (χ4v) is 2.39. The van der Waals surface area contributed by atoms with E-state index in [-0.39, 0.29) is 11.7 Å². The van der Waals surface area contributed by atoms with Gasteiger partial charge in [0.1, 0.15) is 5.82 Å². The number of benzene rings is 1. The maximum atomic E-state index is 13.0. The van der Waals surface area contributed by atoms with Gasteiger partial charge < -0.3 is 4.90 Å². The van der Waals surface area contributed by atoms with Crippen LogP contribution in [-0.4, -0.2) is 29.6 Å². The Kier molecular flexibility index (Phi) is 4.05. The second-order valence-electron chi connectivity index (χ2n) is 4.47. The van der Waals surface area contributed by atoms with Crippen molar-refractivity contribution >= 4 is 18.5 Å². The molecular weight excluding hydrogens is 237 g/mol. The summed E-state index contributed by atoms with van der Waals surface area (Å²) in [6.45, 7) is 1.46. The molecule has 1 fully saturated rings. The molecule has 4 heteroatoms. The molecule has 0 aromatic heterocycles. The van der Waals surface area contributed by atoms with Crippen molar-refractivity contribution in [2.75, 3.05) is 18.8 Å². The summed E-state index contributed by atoms with van der Waals surface area (Å²) < 4.78 is 13.0. The van der Waals surface area contributed by atoms with E-state index < -0.39 is 0 Å². The van der Waals surface area contributed by atoms with Gasteiger partial charge in [0.15, 0.2) is 0 Å². The largest absolute Gasteiger partial charge is 0.342 e. The van der Waals surface area contributed by atoms with Crippen molar-refractivity contribution in [3.05, 3.63) is 35.6 Å². The molecule has 2 rings (SSSR count). The zero-order valence-electron chi connectivity index (χ0n) is 9.60. The zero-order valence-corrected chi connectivity index (χ0v) is 10.5. The number of hydrogen-bond acceptors (Lipinski definition) is 2. The molecule has 1 aliphatic heterocycles. The number of hydrogen-bond donors (Lipinski definition) is 1. The standard InChI is InChI=1S/C13H16FNOS/c14-12-3-1-2-10(6-12)4-5-15-8-11(9-17)7-13(15)16/h1-3,6,11,17H,4-5,7-9H2. The van der Waals surface area contributed by atoms with Gasteiger partial charge in [-0.3, -0.25) is 4.79 Å². The highest BCUT2D eigenvalue weighted by atomic mass is 32.1. The number of amides is 1. The molecule has 1 aromatic carbocycles. The van der Waals surface area contributed by atoms with E-state index in [0.717, 1.165) is 17.9 Å². The smallest absolute Gasteiger partial charge is 0.222 e. The molecular formula is C13H16FNOS. The summed E-state index contributed by atoms with van der Waals surface area (Å²) in [6.07, 6.45) is 1.31. The van der Waals surface area contributed by atoms with E-state index in [0.29, 0.717) is 25.3 Å². The predicted octanol–water partition coefficient (Wildman–Crippen LogP) is 2.15. The molecule has 0 aliphatic carbocycles. The molecule has 17 heavy (non-hydrogen) atoms. The summed E-state index contributed by atoms with van der Waals surface area (Å²) in [5.41, 5.74) is 0.937. The molecule has 1 atom stereocenters. The van der Waals surface area contributed by atoms with Crippen LogP contribution >= 0.6 is 12.6 Å². The summed E-state index contributed by atoms with van der Waals surface area (Å²) in [5, 5.41) is 0.